The van der Waals surface area contributed by atoms with Gasteiger partial charge in [-0.25, -0.2) is 9.37 Å². The fraction of sp³-hybridized carbons (Fsp3) is 0.321. The number of amides is 1. The molecule has 2 aromatic heterocycles. The first-order valence-corrected chi connectivity index (χ1v) is 13.0. The van der Waals surface area contributed by atoms with Crippen LogP contribution >= 0.6 is 11.6 Å². The molecule has 38 heavy (non-hydrogen) atoms. The van der Waals surface area contributed by atoms with Crippen molar-refractivity contribution in [2.45, 2.75) is 25.8 Å². The maximum atomic E-state index is 13.8. The minimum Gasteiger partial charge on any atom is -0.453 e. The van der Waals surface area contributed by atoms with Gasteiger partial charge in [0.05, 0.1) is 29.4 Å². The van der Waals surface area contributed by atoms with Gasteiger partial charge in [-0.3, -0.25) is 9.89 Å². The molecule has 10 heteroatoms. The van der Waals surface area contributed by atoms with E-state index < -0.39 is 0 Å². The molecule has 3 heterocycles. The summed E-state index contributed by atoms with van der Waals surface area (Å²) >= 11 is 6.09. The number of hydrogen-bond donors (Lipinski definition) is 2. The number of nitrogens with zero attached hydrogens (tertiary/aromatic N) is 4. The van der Waals surface area contributed by atoms with Crippen LogP contribution in [-0.4, -0.2) is 64.8 Å². The first-order chi connectivity index (χ1) is 18.4. The third kappa shape index (κ3) is 5.74. The average molecular weight is 537 g/mol. The lowest BCUT2D eigenvalue weighted by atomic mass is 9.96. The van der Waals surface area contributed by atoms with Gasteiger partial charge in [0.25, 0.3) is 0 Å². The Morgan fingerprint density at radius 1 is 1.13 bits per heavy atom. The summed E-state index contributed by atoms with van der Waals surface area (Å²) in [6.07, 6.45) is 3.33. The summed E-state index contributed by atoms with van der Waals surface area (Å²) in [6, 6.07) is 13.8. The van der Waals surface area contributed by atoms with E-state index in [1.54, 1.807) is 24.5 Å². The number of ether oxygens (including phenoxy) is 1. The van der Waals surface area contributed by atoms with Crippen molar-refractivity contribution >= 4 is 34.2 Å². The number of rotatable bonds is 8. The first-order valence-electron chi connectivity index (χ1n) is 12.7. The van der Waals surface area contributed by atoms with E-state index in [2.05, 4.69) is 39.2 Å². The number of aromatic nitrogens is 3. The van der Waals surface area contributed by atoms with Crippen LogP contribution in [0.4, 0.5) is 10.1 Å². The van der Waals surface area contributed by atoms with E-state index in [1.807, 2.05) is 29.2 Å². The van der Waals surface area contributed by atoms with Crippen molar-refractivity contribution in [1.82, 2.24) is 25.4 Å². The van der Waals surface area contributed by atoms with E-state index in [4.69, 9.17) is 16.3 Å². The normalized spacial score (nSPS) is 14.8. The average Bonchev–Trinajstić information content (AvgIpc) is 3.38. The molecule has 1 aliphatic heterocycles. The van der Waals surface area contributed by atoms with Gasteiger partial charge in [-0.2, -0.15) is 5.10 Å². The number of benzene rings is 2. The number of nitrogens with one attached hydrogen (secondary N) is 2. The second-order valence-electron chi connectivity index (χ2n) is 9.64. The Bertz CT molecular complexity index is 1400. The van der Waals surface area contributed by atoms with Crippen molar-refractivity contribution in [1.29, 1.82) is 0 Å². The molecule has 4 aromatic rings. The number of H-pyrrole nitrogens is 1. The summed E-state index contributed by atoms with van der Waals surface area (Å²) in [6.45, 7) is 6.97. The fourth-order valence-electron chi connectivity index (χ4n) is 4.69. The van der Waals surface area contributed by atoms with Crippen LogP contribution in [-0.2, 0) is 4.79 Å². The minimum atomic E-state index is -0.379. The Labute approximate surface area is 225 Å². The molecule has 0 bridgehead atoms. The molecule has 1 fully saturated rings. The van der Waals surface area contributed by atoms with Crippen molar-refractivity contribution in [2.24, 2.45) is 0 Å². The summed E-state index contributed by atoms with van der Waals surface area (Å²) in [5.41, 5.74) is 2.39. The van der Waals surface area contributed by atoms with E-state index in [1.165, 1.54) is 12.1 Å². The molecule has 1 aliphatic rings. The summed E-state index contributed by atoms with van der Waals surface area (Å²) < 4.78 is 19.9. The zero-order valence-corrected chi connectivity index (χ0v) is 22.1. The number of hydrogen-bond acceptors (Lipinski definition) is 6. The Hall–Kier alpha value is -3.69. The van der Waals surface area contributed by atoms with Crippen molar-refractivity contribution in [3.05, 3.63) is 77.3 Å². The zero-order chi connectivity index (χ0) is 26.6. The molecular weight excluding hydrogens is 507 g/mol. The zero-order valence-electron chi connectivity index (χ0n) is 21.3. The van der Waals surface area contributed by atoms with Crippen LogP contribution in [0.3, 0.4) is 0 Å². The van der Waals surface area contributed by atoms with Crippen LogP contribution in [0.2, 0.25) is 5.02 Å². The second kappa shape index (κ2) is 11.4. The molecule has 8 nitrogen and oxygen atoms in total. The van der Waals surface area contributed by atoms with Crippen LogP contribution in [0.25, 0.3) is 11.0 Å². The Morgan fingerprint density at radius 3 is 2.61 bits per heavy atom. The van der Waals surface area contributed by atoms with E-state index in [0.29, 0.717) is 54.9 Å². The Balaban J connectivity index is 1.35. The maximum Gasteiger partial charge on any atom is 0.231 e. The number of fused-ring (bicyclic) bond motifs is 1. The number of piperazine rings is 1. The van der Waals surface area contributed by atoms with Gasteiger partial charge in [-0.1, -0.05) is 43.6 Å². The fourth-order valence-corrected chi connectivity index (χ4v) is 4.82. The third-order valence-corrected chi connectivity index (χ3v) is 6.90. The third-order valence-electron chi connectivity index (χ3n) is 6.65. The molecule has 0 radical (unpaired) electrons. The molecule has 198 valence electrons. The molecule has 0 unspecified atom stereocenters. The second-order valence-corrected chi connectivity index (χ2v) is 10.1. The Kier molecular flexibility index (Phi) is 7.76. The van der Waals surface area contributed by atoms with Crippen LogP contribution in [0, 0.1) is 5.82 Å². The van der Waals surface area contributed by atoms with Crippen LogP contribution in [0.5, 0.6) is 11.5 Å². The highest BCUT2D eigenvalue weighted by Gasteiger charge is 2.30. The quantitative estimate of drug-likeness (QED) is 0.330. The van der Waals surface area contributed by atoms with E-state index in [-0.39, 0.29) is 23.7 Å². The van der Waals surface area contributed by atoms with Gasteiger partial charge >= 0.3 is 0 Å². The predicted molar refractivity (Wildman–Crippen MR) is 146 cm³/mol. The maximum absolute atomic E-state index is 13.8. The summed E-state index contributed by atoms with van der Waals surface area (Å²) in [7, 11) is 0. The predicted octanol–water partition coefficient (Wildman–Crippen LogP) is 4.97. The van der Waals surface area contributed by atoms with Gasteiger partial charge in [-0.05, 0) is 29.8 Å². The molecule has 0 saturated carbocycles. The number of aromatic amines is 1. The number of carbonyl (C=O) groups excluding carboxylic acids is 1. The van der Waals surface area contributed by atoms with E-state index in [0.717, 1.165) is 16.6 Å². The van der Waals surface area contributed by atoms with Crippen LogP contribution < -0.4 is 15.0 Å². The lowest BCUT2D eigenvalue weighted by Crippen LogP contribution is -2.51. The van der Waals surface area contributed by atoms with Crippen LogP contribution in [0.15, 0.2) is 60.9 Å². The van der Waals surface area contributed by atoms with Gasteiger partial charge in [0, 0.05) is 49.9 Å². The van der Waals surface area contributed by atoms with Crippen LogP contribution in [0.1, 0.15) is 25.3 Å². The monoisotopic (exact) mass is 536 g/mol. The molecule has 1 atom stereocenters. The number of carbonyl (C=O) groups is 1. The minimum absolute atomic E-state index is 0.0829. The standard InChI is InChI=1S/C28H30ClFN6O2/c1-18(2)31-15-23(19-6-8-20(29)9-7-19)28(37)36-12-10-35(11-13-36)26-24-16-33-34-27(24)32-17-25(26)38-22-5-3-4-21(30)14-22/h3-9,14,16-18,23,31H,10-13,15H2,1-2H3,(H,32,33,34)/t23-/m1/s1. The highest BCUT2D eigenvalue weighted by molar-refractivity contribution is 6.30. The van der Waals surface area contributed by atoms with Crippen molar-refractivity contribution < 1.29 is 13.9 Å². The first kappa shape index (κ1) is 25.9. The van der Waals surface area contributed by atoms with Crippen molar-refractivity contribution in [2.75, 3.05) is 37.6 Å². The van der Waals surface area contributed by atoms with E-state index >= 15 is 0 Å². The van der Waals surface area contributed by atoms with Gasteiger partial charge in [-0.15, -0.1) is 0 Å². The summed E-state index contributed by atoms with van der Waals surface area (Å²) in [5, 5.41) is 11.9. The van der Waals surface area contributed by atoms with Gasteiger partial charge in [0.1, 0.15) is 11.6 Å². The lowest BCUT2D eigenvalue weighted by Gasteiger charge is -2.38. The molecule has 2 aromatic carbocycles. The molecule has 1 saturated heterocycles. The summed E-state index contributed by atoms with van der Waals surface area (Å²) in [5.74, 6) is 0.280. The number of anilines is 1. The lowest BCUT2D eigenvalue weighted by molar-refractivity contribution is -0.133. The summed E-state index contributed by atoms with van der Waals surface area (Å²) in [4.78, 5) is 22.2. The smallest absolute Gasteiger partial charge is 0.231 e. The highest BCUT2D eigenvalue weighted by Crippen LogP contribution is 2.38. The van der Waals surface area contributed by atoms with Gasteiger partial charge in [0.2, 0.25) is 5.91 Å². The molecule has 2 N–H and O–H groups in total. The molecule has 0 aliphatic carbocycles. The van der Waals surface area contributed by atoms with Gasteiger partial charge in [0.15, 0.2) is 11.4 Å². The van der Waals surface area contributed by atoms with Crippen molar-refractivity contribution in [3.63, 3.8) is 0 Å². The largest absolute Gasteiger partial charge is 0.453 e. The number of halogens is 2. The van der Waals surface area contributed by atoms with Crippen molar-refractivity contribution in [3.8, 4) is 11.5 Å². The van der Waals surface area contributed by atoms with E-state index in [9.17, 15) is 9.18 Å². The SMILES string of the molecule is CC(C)NC[C@@H](C(=O)N1CCN(c2c(Oc3cccc(F)c3)cnc3[nH]ncc23)CC1)c1ccc(Cl)cc1. The number of pyridine rings is 1. The topological polar surface area (TPSA) is 86.4 Å². The highest BCUT2D eigenvalue weighted by atomic mass is 35.5. The molecular formula is C28H30ClFN6O2. The van der Waals surface area contributed by atoms with Gasteiger partial charge < -0.3 is 19.9 Å². The molecule has 5 rings (SSSR count). The Morgan fingerprint density at radius 2 is 1.89 bits per heavy atom. The molecule has 1 amide bonds. The molecule has 0 spiro atoms.